The SMILES string of the molecule is Cc1cc(-c2nnc(NC(=O)CCCc3ccccc3)o2)c(C)o1. The van der Waals surface area contributed by atoms with Crippen molar-refractivity contribution in [2.24, 2.45) is 0 Å². The molecule has 3 rings (SSSR count). The third-order valence-corrected chi connectivity index (χ3v) is 3.65. The zero-order valence-corrected chi connectivity index (χ0v) is 13.7. The highest BCUT2D eigenvalue weighted by Crippen LogP contribution is 2.26. The number of carbonyl (C=O) groups excluding carboxylic acids is 1. The lowest BCUT2D eigenvalue weighted by Gasteiger charge is -2.01. The molecule has 6 nitrogen and oxygen atoms in total. The van der Waals surface area contributed by atoms with Crippen LogP contribution in [0.3, 0.4) is 0 Å². The molecule has 0 unspecified atom stereocenters. The zero-order valence-electron chi connectivity index (χ0n) is 13.7. The maximum absolute atomic E-state index is 12.0. The Morgan fingerprint density at radius 3 is 2.62 bits per heavy atom. The Bertz CT molecular complexity index is 821. The van der Waals surface area contributed by atoms with Crippen LogP contribution >= 0.6 is 0 Å². The molecule has 1 aromatic carbocycles. The summed E-state index contributed by atoms with van der Waals surface area (Å²) in [5.74, 6) is 1.68. The molecule has 2 heterocycles. The van der Waals surface area contributed by atoms with Crippen LogP contribution in [0.1, 0.15) is 29.9 Å². The van der Waals surface area contributed by atoms with Gasteiger partial charge in [0.2, 0.25) is 5.91 Å². The molecule has 0 saturated heterocycles. The van der Waals surface area contributed by atoms with Gasteiger partial charge >= 0.3 is 6.01 Å². The topological polar surface area (TPSA) is 81.2 Å². The maximum atomic E-state index is 12.0. The number of furan rings is 1. The van der Waals surface area contributed by atoms with Crippen molar-refractivity contribution in [3.8, 4) is 11.5 Å². The Labute approximate surface area is 139 Å². The standard InChI is InChI=1S/C18H19N3O3/c1-12-11-15(13(2)23-12)17-20-21-18(24-17)19-16(22)10-6-9-14-7-4-3-5-8-14/h3-5,7-8,11H,6,9-10H2,1-2H3,(H,19,21,22). The van der Waals surface area contributed by atoms with E-state index in [1.54, 1.807) is 0 Å². The van der Waals surface area contributed by atoms with Crippen molar-refractivity contribution in [1.29, 1.82) is 0 Å². The molecule has 0 saturated carbocycles. The molecule has 0 spiro atoms. The van der Waals surface area contributed by atoms with Gasteiger partial charge in [-0.2, -0.15) is 0 Å². The summed E-state index contributed by atoms with van der Waals surface area (Å²) in [6, 6.07) is 12.0. The van der Waals surface area contributed by atoms with Crippen molar-refractivity contribution in [3.63, 3.8) is 0 Å². The molecule has 0 atom stereocenters. The van der Waals surface area contributed by atoms with Crippen molar-refractivity contribution in [2.45, 2.75) is 33.1 Å². The molecular formula is C18H19N3O3. The van der Waals surface area contributed by atoms with Crippen LogP contribution in [-0.4, -0.2) is 16.1 Å². The van der Waals surface area contributed by atoms with E-state index < -0.39 is 0 Å². The van der Waals surface area contributed by atoms with Crippen molar-refractivity contribution < 1.29 is 13.6 Å². The van der Waals surface area contributed by atoms with E-state index in [-0.39, 0.29) is 11.9 Å². The fourth-order valence-corrected chi connectivity index (χ4v) is 2.51. The average Bonchev–Trinajstić information content (AvgIpc) is 3.14. The highest BCUT2D eigenvalue weighted by atomic mass is 16.4. The Morgan fingerprint density at radius 1 is 1.12 bits per heavy atom. The summed E-state index contributed by atoms with van der Waals surface area (Å²) in [5, 5.41) is 10.4. The van der Waals surface area contributed by atoms with E-state index in [1.165, 1.54) is 5.56 Å². The summed E-state index contributed by atoms with van der Waals surface area (Å²) < 4.78 is 10.9. The van der Waals surface area contributed by atoms with Gasteiger partial charge in [0.1, 0.15) is 11.5 Å². The van der Waals surface area contributed by atoms with Gasteiger partial charge < -0.3 is 8.83 Å². The number of nitrogens with one attached hydrogen (secondary N) is 1. The molecule has 24 heavy (non-hydrogen) atoms. The number of aryl methyl sites for hydroxylation is 3. The highest BCUT2D eigenvalue weighted by Gasteiger charge is 2.15. The Hall–Kier alpha value is -2.89. The van der Waals surface area contributed by atoms with Crippen LogP contribution in [0.25, 0.3) is 11.5 Å². The van der Waals surface area contributed by atoms with Crippen LogP contribution in [0, 0.1) is 13.8 Å². The van der Waals surface area contributed by atoms with Crippen molar-refractivity contribution in [2.75, 3.05) is 5.32 Å². The largest absolute Gasteiger partial charge is 0.466 e. The zero-order chi connectivity index (χ0) is 16.9. The number of rotatable bonds is 6. The summed E-state index contributed by atoms with van der Waals surface area (Å²) in [6.07, 6.45) is 2.02. The first-order chi connectivity index (χ1) is 11.6. The molecule has 0 fully saturated rings. The number of nitrogens with zero attached hydrogens (tertiary/aromatic N) is 2. The molecule has 0 aliphatic heterocycles. The maximum Gasteiger partial charge on any atom is 0.322 e. The fourth-order valence-electron chi connectivity index (χ4n) is 2.51. The third-order valence-electron chi connectivity index (χ3n) is 3.65. The van der Waals surface area contributed by atoms with E-state index in [2.05, 4.69) is 27.6 Å². The number of benzene rings is 1. The van der Waals surface area contributed by atoms with Crippen LogP contribution in [0.15, 0.2) is 45.2 Å². The van der Waals surface area contributed by atoms with Gasteiger partial charge in [-0.25, -0.2) is 0 Å². The number of carbonyl (C=O) groups is 1. The van der Waals surface area contributed by atoms with Gasteiger partial charge in [-0.05, 0) is 38.3 Å². The second-order valence-corrected chi connectivity index (χ2v) is 5.63. The summed E-state index contributed by atoms with van der Waals surface area (Å²) in [5.41, 5.74) is 1.96. The summed E-state index contributed by atoms with van der Waals surface area (Å²) >= 11 is 0. The number of amides is 1. The van der Waals surface area contributed by atoms with E-state index in [4.69, 9.17) is 8.83 Å². The van der Waals surface area contributed by atoms with Gasteiger partial charge in [0, 0.05) is 6.42 Å². The minimum Gasteiger partial charge on any atom is -0.466 e. The first-order valence-corrected chi connectivity index (χ1v) is 7.86. The molecule has 2 aromatic heterocycles. The molecule has 6 heteroatoms. The fraction of sp³-hybridized carbons (Fsp3) is 0.278. The Kier molecular flexibility index (Phi) is 4.74. The van der Waals surface area contributed by atoms with Crippen LogP contribution in [0.5, 0.6) is 0 Å². The second-order valence-electron chi connectivity index (χ2n) is 5.63. The predicted molar refractivity (Wildman–Crippen MR) is 89.5 cm³/mol. The normalized spacial score (nSPS) is 10.8. The molecule has 0 radical (unpaired) electrons. The first kappa shape index (κ1) is 16.0. The highest BCUT2D eigenvalue weighted by molar-refractivity contribution is 5.88. The molecule has 3 aromatic rings. The molecule has 0 bridgehead atoms. The number of hydrogen-bond donors (Lipinski definition) is 1. The first-order valence-electron chi connectivity index (χ1n) is 7.86. The lowest BCUT2D eigenvalue weighted by Crippen LogP contribution is -2.11. The van der Waals surface area contributed by atoms with Crippen molar-refractivity contribution in [1.82, 2.24) is 10.2 Å². The van der Waals surface area contributed by atoms with Crippen molar-refractivity contribution in [3.05, 3.63) is 53.5 Å². The van der Waals surface area contributed by atoms with Gasteiger partial charge in [-0.15, -0.1) is 5.10 Å². The number of anilines is 1. The van der Waals surface area contributed by atoms with Crippen LogP contribution in [0.4, 0.5) is 6.01 Å². The van der Waals surface area contributed by atoms with E-state index in [0.717, 1.165) is 24.2 Å². The van der Waals surface area contributed by atoms with Gasteiger partial charge in [-0.1, -0.05) is 35.4 Å². The molecule has 0 aliphatic rings. The van der Waals surface area contributed by atoms with Gasteiger partial charge in [0.05, 0.1) is 5.56 Å². The second kappa shape index (κ2) is 7.12. The van der Waals surface area contributed by atoms with E-state index >= 15 is 0 Å². The van der Waals surface area contributed by atoms with E-state index in [0.29, 0.717) is 18.1 Å². The average molecular weight is 325 g/mol. The number of hydrogen-bond acceptors (Lipinski definition) is 5. The molecule has 124 valence electrons. The van der Waals surface area contributed by atoms with Gasteiger partial charge in [-0.3, -0.25) is 10.1 Å². The minimum absolute atomic E-state index is 0.105. The summed E-state index contributed by atoms with van der Waals surface area (Å²) in [7, 11) is 0. The molecule has 1 N–H and O–H groups in total. The van der Waals surface area contributed by atoms with E-state index in [1.807, 2.05) is 38.1 Å². The molecule has 0 aliphatic carbocycles. The van der Waals surface area contributed by atoms with Crippen LogP contribution < -0.4 is 5.32 Å². The van der Waals surface area contributed by atoms with Gasteiger partial charge in [0.15, 0.2) is 0 Å². The minimum atomic E-state index is -0.138. The van der Waals surface area contributed by atoms with Crippen molar-refractivity contribution >= 4 is 11.9 Å². The van der Waals surface area contributed by atoms with Crippen LogP contribution in [0.2, 0.25) is 0 Å². The van der Waals surface area contributed by atoms with E-state index in [9.17, 15) is 4.79 Å². The quantitative estimate of drug-likeness (QED) is 0.743. The number of aromatic nitrogens is 2. The molecule has 1 amide bonds. The molecular weight excluding hydrogens is 306 g/mol. The smallest absolute Gasteiger partial charge is 0.322 e. The Balaban J connectivity index is 1.53. The summed E-state index contributed by atoms with van der Waals surface area (Å²) in [4.78, 5) is 12.0. The Morgan fingerprint density at radius 2 is 1.92 bits per heavy atom. The monoisotopic (exact) mass is 325 g/mol. The third kappa shape index (κ3) is 3.90. The van der Waals surface area contributed by atoms with Crippen LogP contribution in [-0.2, 0) is 11.2 Å². The lowest BCUT2D eigenvalue weighted by atomic mass is 10.1. The van der Waals surface area contributed by atoms with Gasteiger partial charge in [0.25, 0.3) is 5.89 Å². The predicted octanol–water partition coefficient (Wildman–Crippen LogP) is 3.91. The lowest BCUT2D eigenvalue weighted by molar-refractivity contribution is -0.116. The summed E-state index contributed by atoms with van der Waals surface area (Å²) in [6.45, 7) is 3.68.